The van der Waals surface area contributed by atoms with Crippen molar-refractivity contribution in [3.63, 3.8) is 0 Å². The molecule has 1 aromatic carbocycles. The lowest BCUT2D eigenvalue weighted by Crippen LogP contribution is -2.49. The molecule has 2 nitrogen and oxygen atoms in total. The number of hydrogen-bond acceptors (Lipinski definition) is 1. The molecule has 0 atom stereocenters. The predicted octanol–water partition coefficient (Wildman–Crippen LogP) is 4.33. The van der Waals surface area contributed by atoms with Gasteiger partial charge in [-0.25, -0.2) is 0 Å². The van der Waals surface area contributed by atoms with Crippen molar-refractivity contribution in [1.82, 2.24) is 5.32 Å². The first-order chi connectivity index (χ1) is 7.91. The number of rotatable bonds is 4. The predicted molar refractivity (Wildman–Crippen MR) is 90.3 cm³/mol. The third-order valence-corrected chi connectivity index (χ3v) is 6.09. The normalized spacial score (nSPS) is 11.4. The zero-order valence-corrected chi connectivity index (χ0v) is 16.0. The Labute approximate surface area is 140 Å². The zero-order chi connectivity index (χ0) is 13.1. The van der Waals surface area contributed by atoms with Crippen molar-refractivity contribution >= 4 is 76.3 Å². The van der Waals surface area contributed by atoms with E-state index in [2.05, 4.69) is 75.7 Å². The third-order valence-electron chi connectivity index (χ3n) is 2.18. The number of hydrogen-bond donors (Lipinski definition) is 1. The smallest absolute Gasteiger partial charge is 0.252 e. The van der Waals surface area contributed by atoms with Crippen molar-refractivity contribution in [2.45, 2.75) is 12.5 Å². The highest BCUT2D eigenvalue weighted by atomic mass is 127. The molecule has 0 aliphatic carbocycles. The van der Waals surface area contributed by atoms with Crippen LogP contribution in [0.2, 0.25) is 0 Å². The molecule has 1 N–H and O–H groups in total. The van der Waals surface area contributed by atoms with Crippen LogP contribution in [0, 0.1) is 3.57 Å². The molecule has 1 amide bonds. The minimum Gasteiger partial charge on any atom is -0.345 e. The third kappa shape index (κ3) is 4.47. The number of nitrogens with one attached hydrogen (secondary N) is 1. The topological polar surface area (TPSA) is 29.1 Å². The summed E-state index contributed by atoms with van der Waals surface area (Å²) in [5.74, 6) is -0.0582. The van der Waals surface area contributed by atoms with Gasteiger partial charge in [-0.1, -0.05) is 47.8 Å². The van der Waals surface area contributed by atoms with Crippen molar-refractivity contribution < 1.29 is 4.79 Å². The summed E-state index contributed by atoms with van der Waals surface area (Å²) in [7, 11) is 0. The summed E-state index contributed by atoms with van der Waals surface area (Å²) < 4.78 is 1.84. The highest BCUT2D eigenvalue weighted by molar-refractivity contribution is 14.1. The highest BCUT2D eigenvalue weighted by Crippen LogP contribution is 2.20. The molecule has 0 aromatic heterocycles. The summed E-state index contributed by atoms with van der Waals surface area (Å²) in [6, 6.07) is 5.67. The fraction of sp³-hybridized carbons (Fsp3) is 0.364. The molecule has 0 fully saturated rings. The van der Waals surface area contributed by atoms with Crippen LogP contribution in [0.5, 0.6) is 0 Å². The first kappa shape index (κ1) is 15.9. The van der Waals surface area contributed by atoms with Gasteiger partial charge in [-0.05, 0) is 47.7 Å². The van der Waals surface area contributed by atoms with Crippen LogP contribution in [0.4, 0.5) is 0 Å². The second-order valence-electron chi connectivity index (χ2n) is 3.91. The van der Waals surface area contributed by atoms with Gasteiger partial charge in [-0.15, -0.1) is 0 Å². The molecule has 0 saturated carbocycles. The van der Waals surface area contributed by atoms with E-state index in [4.69, 9.17) is 0 Å². The summed E-state index contributed by atoms with van der Waals surface area (Å²) in [6.45, 7) is 1.99. The quantitative estimate of drug-likeness (QED) is 0.448. The Kier molecular flexibility index (Phi) is 6.42. The van der Waals surface area contributed by atoms with E-state index in [1.54, 1.807) is 0 Å². The monoisotopic (exact) mass is 537 g/mol. The molecule has 0 aliphatic heterocycles. The molecule has 17 heavy (non-hydrogen) atoms. The Morgan fingerprint density at radius 3 is 2.53 bits per heavy atom. The average molecular weight is 540 g/mol. The first-order valence-electron chi connectivity index (χ1n) is 4.81. The van der Waals surface area contributed by atoms with Crippen LogP contribution < -0.4 is 5.32 Å². The molecule has 0 heterocycles. The van der Waals surface area contributed by atoms with Gasteiger partial charge in [0.2, 0.25) is 0 Å². The standard InChI is InChI=1S/C11H11Br3INO/c1-11(5-12,6-13)16-10(17)8-4-7(14)2-3-9(8)15/h2-4H,5-6H2,1H3,(H,16,17). The van der Waals surface area contributed by atoms with E-state index in [1.165, 1.54) is 0 Å². The van der Waals surface area contributed by atoms with Crippen molar-refractivity contribution in [3.05, 3.63) is 31.8 Å². The van der Waals surface area contributed by atoms with Gasteiger partial charge < -0.3 is 5.32 Å². The van der Waals surface area contributed by atoms with Crippen LogP contribution in [0.3, 0.4) is 0 Å². The molecule has 0 bridgehead atoms. The SMILES string of the molecule is CC(CBr)(CBr)NC(=O)c1cc(Br)ccc1I. The van der Waals surface area contributed by atoms with Crippen LogP contribution in [0.15, 0.2) is 22.7 Å². The maximum Gasteiger partial charge on any atom is 0.252 e. The van der Waals surface area contributed by atoms with E-state index in [0.29, 0.717) is 16.2 Å². The second kappa shape index (κ2) is 6.86. The lowest BCUT2D eigenvalue weighted by molar-refractivity contribution is 0.0922. The first-order valence-corrected chi connectivity index (χ1v) is 8.93. The van der Waals surface area contributed by atoms with Crippen molar-refractivity contribution in [3.8, 4) is 0 Å². The maximum absolute atomic E-state index is 12.2. The van der Waals surface area contributed by atoms with E-state index < -0.39 is 0 Å². The molecule has 0 aliphatic rings. The van der Waals surface area contributed by atoms with Crippen LogP contribution in [-0.4, -0.2) is 22.1 Å². The Hall–Kier alpha value is 0.860. The lowest BCUT2D eigenvalue weighted by atomic mass is 10.1. The molecule has 6 heteroatoms. The number of amides is 1. The van der Waals surface area contributed by atoms with Crippen molar-refractivity contribution in [2.75, 3.05) is 10.7 Å². The van der Waals surface area contributed by atoms with Crippen LogP contribution >= 0.6 is 70.4 Å². The second-order valence-corrected chi connectivity index (χ2v) is 7.11. The Morgan fingerprint density at radius 2 is 2.00 bits per heavy atom. The summed E-state index contributed by atoms with van der Waals surface area (Å²) in [6.07, 6.45) is 0. The average Bonchev–Trinajstić information content (AvgIpc) is 2.32. The zero-order valence-electron chi connectivity index (χ0n) is 9.07. The molecule has 1 rings (SSSR count). The number of alkyl halides is 2. The molecule has 94 valence electrons. The molecule has 0 saturated heterocycles. The Bertz CT molecular complexity index is 421. The van der Waals surface area contributed by atoms with Gasteiger partial charge in [0.05, 0.1) is 11.1 Å². The summed E-state index contributed by atoms with van der Waals surface area (Å²) >= 11 is 12.4. The van der Waals surface area contributed by atoms with Crippen LogP contribution in [0.25, 0.3) is 0 Å². The largest absolute Gasteiger partial charge is 0.345 e. The molecule has 1 aromatic rings. The fourth-order valence-electron chi connectivity index (χ4n) is 1.12. The Morgan fingerprint density at radius 1 is 1.41 bits per heavy atom. The van der Waals surface area contributed by atoms with E-state index in [-0.39, 0.29) is 11.4 Å². The van der Waals surface area contributed by atoms with Crippen molar-refractivity contribution in [1.29, 1.82) is 0 Å². The van der Waals surface area contributed by atoms with E-state index in [0.717, 1.165) is 8.04 Å². The summed E-state index contributed by atoms with van der Waals surface area (Å²) in [5, 5.41) is 4.41. The van der Waals surface area contributed by atoms with Crippen LogP contribution in [0.1, 0.15) is 17.3 Å². The minimum absolute atomic E-state index is 0.0582. The minimum atomic E-state index is -0.289. The number of halogens is 4. The molecule has 0 radical (unpaired) electrons. The van der Waals surface area contributed by atoms with Gasteiger partial charge in [-0.2, -0.15) is 0 Å². The lowest BCUT2D eigenvalue weighted by Gasteiger charge is -2.26. The Balaban J connectivity index is 2.94. The molecule has 0 spiro atoms. The molecule has 0 unspecified atom stereocenters. The van der Waals surface area contributed by atoms with Gasteiger partial charge in [0.1, 0.15) is 0 Å². The van der Waals surface area contributed by atoms with Gasteiger partial charge >= 0.3 is 0 Å². The van der Waals surface area contributed by atoms with Crippen molar-refractivity contribution in [2.24, 2.45) is 0 Å². The van der Waals surface area contributed by atoms with Gasteiger partial charge in [-0.3, -0.25) is 4.79 Å². The molecular weight excluding hydrogens is 529 g/mol. The fourth-order valence-corrected chi connectivity index (χ4v) is 3.27. The van der Waals surface area contributed by atoms with Gasteiger partial charge in [0, 0.05) is 18.7 Å². The number of benzene rings is 1. The summed E-state index contributed by atoms with van der Waals surface area (Å²) in [5.41, 5.74) is 0.399. The summed E-state index contributed by atoms with van der Waals surface area (Å²) in [4.78, 5) is 12.2. The number of carbonyl (C=O) groups excluding carboxylic acids is 1. The van der Waals surface area contributed by atoms with Crippen LogP contribution in [-0.2, 0) is 0 Å². The number of carbonyl (C=O) groups is 1. The highest BCUT2D eigenvalue weighted by Gasteiger charge is 2.25. The van der Waals surface area contributed by atoms with E-state index in [1.807, 2.05) is 25.1 Å². The van der Waals surface area contributed by atoms with Gasteiger partial charge in [0.15, 0.2) is 0 Å². The van der Waals surface area contributed by atoms with Gasteiger partial charge in [0.25, 0.3) is 5.91 Å². The van der Waals surface area contributed by atoms with E-state index >= 15 is 0 Å². The molecular formula is C11H11Br3INO. The maximum atomic E-state index is 12.2. The van der Waals surface area contributed by atoms with E-state index in [9.17, 15) is 4.79 Å².